The van der Waals surface area contributed by atoms with Crippen LogP contribution in [0.25, 0.3) is 20.5 Å². The molecule has 28 heavy (non-hydrogen) atoms. The van der Waals surface area contributed by atoms with Gasteiger partial charge in [0, 0.05) is 36.0 Å². The molecule has 0 N–H and O–H groups in total. The highest BCUT2D eigenvalue weighted by atomic mass is 32.1. The van der Waals surface area contributed by atoms with Crippen molar-refractivity contribution in [3.8, 4) is 10.4 Å². The average molecular weight is 423 g/mol. The Morgan fingerprint density at radius 3 is 2.57 bits per heavy atom. The molecule has 0 saturated carbocycles. The summed E-state index contributed by atoms with van der Waals surface area (Å²) < 4.78 is 17.0. The molecule has 0 fully saturated rings. The molecule has 0 radical (unpaired) electrons. The van der Waals surface area contributed by atoms with Gasteiger partial charge < -0.3 is 4.57 Å². The Balaban J connectivity index is 1.63. The van der Waals surface area contributed by atoms with Crippen molar-refractivity contribution in [3.63, 3.8) is 0 Å². The van der Waals surface area contributed by atoms with Crippen LogP contribution in [-0.2, 0) is 11.0 Å². The molecule has 1 aliphatic heterocycles. The predicted molar refractivity (Wildman–Crippen MR) is 126 cm³/mol. The summed E-state index contributed by atoms with van der Waals surface area (Å²) in [6.45, 7) is 2.25. The van der Waals surface area contributed by atoms with Crippen molar-refractivity contribution >= 4 is 55.1 Å². The van der Waals surface area contributed by atoms with Crippen LogP contribution >= 0.6 is 29.8 Å². The van der Waals surface area contributed by atoms with E-state index in [9.17, 15) is 4.57 Å². The first-order chi connectivity index (χ1) is 13.7. The maximum Gasteiger partial charge on any atom is 0.183 e. The summed E-state index contributed by atoms with van der Waals surface area (Å²) in [6, 6.07) is 21.1. The summed E-state index contributed by atoms with van der Waals surface area (Å²) in [6.07, 6.45) is 6.17. The van der Waals surface area contributed by atoms with Gasteiger partial charge in [0.2, 0.25) is 0 Å². The molecule has 2 aromatic carbocycles. The first kappa shape index (κ1) is 18.4. The van der Waals surface area contributed by atoms with E-state index in [1.165, 1.54) is 51.1 Å². The Bertz CT molecular complexity index is 1200. The number of rotatable bonds is 6. The Labute approximate surface area is 174 Å². The molecule has 0 aliphatic carbocycles. The average Bonchev–Trinajstić information content (AvgIpc) is 3.41. The molecule has 1 nitrogen and oxygen atoms in total. The van der Waals surface area contributed by atoms with Gasteiger partial charge in [-0.15, -0.1) is 22.7 Å². The molecule has 0 bridgehead atoms. The van der Waals surface area contributed by atoms with E-state index in [2.05, 4.69) is 61.5 Å². The number of aryl methyl sites for hydroxylation is 1. The normalized spacial score (nSPS) is 17.8. The van der Waals surface area contributed by atoms with Gasteiger partial charge in [-0.25, -0.2) is 0 Å². The van der Waals surface area contributed by atoms with E-state index in [1.807, 2.05) is 6.07 Å². The van der Waals surface area contributed by atoms with Crippen molar-refractivity contribution in [2.24, 2.45) is 0 Å². The first-order valence-electron chi connectivity index (χ1n) is 10.0. The number of unbranched alkanes of at least 4 members (excludes halogenated alkanes) is 3. The summed E-state index contributed by atoms with van der Waals surface area (Å²) in [5.74, 6) is 0. The van der Waals surface area contributed by atoms with Crippen LogP contribution in [0.4, 0.5) is 0 Å². The Morgan fingerprint density at radius 1 is 0.857 bits per heavy atom. The third-order valence-corrected chi connectivity index (χ3v) is 11.9. The largest absolute Gasteiger partial charge is 0.308 e. The second-order valence-corrected chi connectivity index (χ2v) is 12.6. The van der Waals surface area contributed by atoms with Crippen LogP contribution < -0.4 is 15.2 Å². The molecular formula is C24H23OPS2. The van der Waals surface area contributed by atoms with Crippen molar-refractivity contribution in [2.75, 3.05) is 0 Å². The first-order valence-corrected chi connectivity index (χ1v) is 13.4. The number of benzene rings is 2. The molecule has 1 atom stereocenters. The van der Waals surface area contributed by atoms with E-state index < -0.39 is 7.14 Å². The molecule has 5 rings (SSSR count). The highest BCUT2D eigenvalue weighted by Gasteiger charge is 2.43. The lowest BCUT2D eigenvalue weighted by atomic mass is 10.1. The molecule has 142 valence electrons. The van der Waals surface area contributed by atoms with Crippen molar-refractivity contribution in [3.05, 3.63) is 65.5 Å². The molecule has 4 heteroatoms. The van der Waals surface area contributed by atoms with Crippen LogP contribution in [0.15, 0.2) is 60.7 Å². The zero-order valence-electron chi connectivity index (χ0n) is 16.0. The number of hydrogen-bond acceptors (Lipinski definition) is 3. The van der Waals surface area contributed by atoms with Crippen molar-refractivity contribution in [1.82, 2.24) is 0 Å². The van der Waals surface area contributed by atoms with E-state index in [-0.39, 0.29) is 0 Å². The highest BCUT2D eigenvalue weighted by molar-refractivity contribution is 7.91. The van der Waals surface area contributed by atoms with Crippen LogP contribution in [0.5, 0.6) is 0 Å². The quantitative estimate of drug-likeness (QED) is 0.220. The van der Waals surface area contributed by atoms with Gasteiger partial charge >= 0.3 is 0 Å². The van der Waals surface area contributed by atoms with Gasteiger partial charge in [0.15, 0.2) is 7.14 Å². The van der Waals surface area contributed by atoms with Gasteiger partial charge in [0.25, 0.3) is 0 Å². The fourth-order valence-electron chi connectivity index (χ4n) is 4.21. The Hall–Kier alpha value is -1.67. The van der Waals surface area contributed by atoms with E-state index in [0.29, 0.717) is 0 Å². The fraction of sp³-hybridized carbons (Fsp3) is 0.250. The zero-order chi connectivity index (χ0) is 19.1. The minimum atomic E-state index is -2.80. The van der Waals surface area contributed by atoms with E-state index in [0.717, 1.165) is 21.6 Å². The second kappa shape index (κ2) is 7.30. The van der Waals surface area contributed by atoms with Crippen LogP contribution in [0.2, 0.25) is 0 Å². The van der Waals surface area contributed by atoms with Crippen molar-refractivity contribution in [1.29, 1.82) is 0 Å². The Morgan fingerprint density at radius 2 is 1.68 bits per heavy atom. The minimum absolute atomic E-state index is 1.03. The second-order valence-electron chi connectivity index (χ2n) is 7.45. The third-order valence-electron chi connectivity index (χ3n) is 5.61. The molecule has 0 amide bonds. The standard InChI is InChI=1S/C24H23OPS2/c1-2-3-4-5-10-17-15-16-22(27-17)26(25)20-13-8-6-11-18(20)24-23(26)19-12-7-9-14-21(19)28-24/h6-9,11-16H,2-5,10H2,1H3. The van der Waals surface area contributed by atoms with Gasteiger partial charge in [-0.3, -0.25) is 0 Å². The van der Waals surface area contributed by atoms with Gasteiger partial charge in [0.05, 0.1) is 4.62 Å². The lowest BCUT2D eigenvalue weighted by Crippen LogP contribution is -2.18. The molecule has 2 aromatic heterocycles. The summed E-state index contributed by atoms with van der Waals surface area (Å²) in [5.41, 5.74) is 1.17. The number of hydrogen-bond donors (Lipinski definition) is 0. The van der Waals surface area contributed by atoms with Crippen LogP contribution in [0, 0.1) is 0 Å². The van der Waals surface area contributed by atoms with Gasteiger partial charge in [0.1, 0.15) is 0 Å². The maximum atomic E-state index is 14.7. The number of fused-ring (bicyclic) bond motifs is 5. The summed E-state index contributed by atoms with van der Waals surface area (Å²) in [7, 11) is -2.80. The number of thiophene rings is 2. The third kappa shape index (κ3) is 2.76. The molecule has 0 spiro atoms. The van der Waals surface area contributed by atoms with E-state index >= 15 is 0 Å². The fourth-order valence-corrected chi connectivity index (χ4v) is 11.0. The lowest BCUT2D eigenvalue weighted by Gasteiger charge is -2.13. The van der Waals surface area contributed by atoms with Crippen LogP contribution in [0.3, 0.4) is 0 Å². The predicted octanol–water partition coefficient (Wildman–Crippen LogP) is 6.71. The molecule has 1 aliphatic rings. The molecule has 1 unspecified atom stereocenters. The van der Waals surface area contributed by atoms with Crippen LogP contribution in [-0.4, -0.2) is 0 Å². The lowest BCUT2D eigenvalue weighted by molar-refractivity contribution is 0.593. The van der Waals surface area contributed by atoms with Crippen LogP contribution in [0.1, 0.15) is 37.5 Å². The summed E-state index contributed by atoms with van der Waals surface area (Å²) in [5, 5.41) is 3.27. The van der Waals surface area contributed by atoms with Crippen molar-refractivity contribution in [2.45, 2.75) is 39.0 Å². The smallest absolute Gasteiger partial charge is 0.183 e. The van der Waals surface area contributed by atoms with Gasteiger partial charge in [-0.05, 0) is 31.0 Å². The minimum Gasteiger partial charge on any atom is -0.308 e. The SMILES string of the molecule is CCCCCCc1ccc(P2(=O)c3ccccc3-c3sc4ccccc4c32)s1. The van der Waals surface area contributed by atoms with Crippen molar-refractivity contribution < 1.29 is 4.57 Å². The topological polar surface area (TPSA) is 17.1 Å². The monoisotopic (exact) mass is 422 g/mol. The summed E-state index contributed by atoms with van der Waals surface area (Å²) >= 11 is 3.55. The molecular weight excluding hydrogens is 399 g/mol. The van der Waals surface area contributed by atoms with Gasteiger partial charge in [-0.2, -0.15) is 0 Å². The molecule has 3 heterocycles. The molecule has 4 aromatic rings. The van der Waals surface area contributed by atoms with Gasteiger partial charge in [-0.1, -0.05) is 68.7 Å². The van der Waals surface area contributed by atoms with E-state index in [4.69, 9.17) is 0 Å². The highest BCUT2D eigenvalue weighted by Crippen LogP contribution is 2.57. The zero-order valence-corrected chi connectivity index (χ0v) is 18.5. The van der Waals surface area contributed by atoms with E-state index in [1.54, 1.807) is 22.7 Å². The maximum absolute atomic E-state index is 14.7. The summed E-state index contributed by atoms with van der Waals surface area (Å²) in [4.78, 5) is 2.57. The molecule has 0 saturated heterocycles. The Kier molecular flexibility index (Phi) is 4.79.